The van der Waals surface area contributed by atoms with Gasteiger partial charge in [0.25, 0.3) is 0 Å². The van der Waals surface area contributed by atoms with E-state index in [1.165, 1.54) is 0 Å². The highest BCUT2D eigenvalue weighted by Crippen LogP contribution is 2.37. The van der Waals surface area contributed by atoms with Crippen LogP contribution in [0.2, 0.25) is 0 Å². The molecule has 5 nitrogen and oxygen atoms in total. The second kappa shape index (κ2) is 7.86. The van der Waals surface area contributed by atoms with Crippen LogP contribution >= 0.6 is 0 Å². The number of aliphatic hydroxyl groups excluding tert-OH is 1. The lowest BCUT2D eigenvalue weighted by Gasteiger charge is -2.18. The van der Waals surface area contributed by atoms with Crippen LogP contribution in [0.4, 0.5) is 0 Å². The molecule has 0 bridgehead atoms. The molecule has 108 valence electrons. The number of methoxy groups -OCH3 is 3. The van der Waals surface area contributed by atoms with Crippen molar-refractivity contribution in [3.8, 4) is 17.2 Å². The molecule has 0 aliphatic carbocycles. The highest BCUT2D eigenvalue weighted by molar-refractivity contribution is 5.51. The van der Waals surface area contributed by atoms with E-state index in [1.54, 1.807) is 33.5 Å². The Kier molecular flexibility index (Phi) is 6.45. The molecule has 1 rings (SSSR count). The third kappa shape index (κ3) is 4.01. The van der Waals surface area contributed by atoms with Gasteiger partial charge in [0.2, 0.25) is 0 Å². The van der Waals surface area contributed by atoms with E-state index in [0.717, 1.165) is 13.0 Å². The predicted octanol–water partition coefficient (Wildman–Crippen LogP) is 1.75. The highest BCUT2D eigenvalue weighted by Gasteiger charge is 2.17. The Morgan fingerprint density at radius 1 is 1.05 bits per heavy atom. The molecule has 0 radical (unpaired) electrons. The minimum atomic E-state index is -0.652. The van der Waals surface area contributed by atoms with E-state index in [-0.39, 0.29) is 0 Å². The summed E-state index contributed by atoms with van der Waals surface area (Å²) in [4.78, 5) is 0. The molecule has 0 amide bonds. The van der Waals surface area contributed by atoms with E-state index < -0.39 is 6.10 Å². The molecule has 0 spiro atoms. The first-order valence-corrected chi connectivity index (χ1v) is 6.36. The van der Waals surface area contributed by atoms with Gasteiger partial charge in [-0.25, -0.2) is 0 Å². The maximum Gasteiger partial charge on any atom is 0.164 e. The molecule has 0 saturated carbocycles. The minimum Gasteiger partial charge on any atom is -0.496 e. The predicted molar refractivity (Wildman–Crippen MR) is 74.2 cm³/mol. The average molecular weight is 269 g/mol. The number of hydrogen-bond acceptors (Lipinski definition) is 5. The summed E-state index contributed by atoms with van der Waals surface area (Å²) in [6.45, 7) is 3.42. The second-order valence-electron chi connectivity index (χ2n) is 4.17. The van der Waals surface area contributed by atoms with Crippen LogP contribution in [0.25, 0.3) is 0 Å². The quantitative estimate of drug-likeness (QED) is 0.704. The average Bonchev–Trinajstić information content (AvgIpc) is 2.45. The van der Waals surface area contributed by atoms with Crippen molar-refractivity contribution in [3.05, 3.63) is 17.7 Å². The van der Waals surface area contributed by atoms with Crippen molar-refractivity contribution in [3.63, 3.8) is 0 Å². The van der Waals surface area contributed by atoms with E-state index in [0.29, 0.717) is 29.4 Å². The molecule has 0 fully saturated rings. The van der Waals surface area contributed by atoms with Gasteiger partial charge in [-0.3, -0.25) is 0 Å². The summed E-state index contributed by atoms with van der Waals surface area (Å²) >= 11 is 0. The Labute approximate surface area is 114 Å². The summed E-state index contributed by atoms with van der Waals surface area (Å²) < 4.78 is 15.7. The molecule has 0 aliphatic rings. The third-order valence-corrected chi connectivity index (χ3v) is 2.86. The highest BCUT2D eigenvalue weighted by atomic mass is 16.5. The van der Waals surface area contributed by atoms with Crippen molar-refractivity contribution in [1.82, 2.24) is 5.32 Å². The smallest absolute Gasteiger partial charge is 0.164 e. The molecule has 19 heavy (non-hydrogen) atoms. The topological polar surface area (TPSA) is 60.0 Å². The van der Waals surface area contributed by atoms with Crippen molar-refractivity contribution in [2.45, 2.75) is 19.4 Å². The molecule has 1 aromatic carbocycles. The minimum absolute atomic E-state index is 0.472. The van der Waals surface area contributed by atoms with Gasteiger partial charge in [0.1, 0.15) is 5.75 Å². The molecule has 0 aliphatic heterocycles. The van der Waals surface area contributed by atoms with Crippen LogP contribution in [0, 0.1) is 0 Å². The van der Waals surface area contributed by atoms with E-state index in [4.69, 9.17) is 14.2 Å². The van der Waals surface area contributed by atoms with Crippen LogP contribution in [0.5, 0.6) is 17.2 Å². The first-order valence-electron chi connectivity index (χ1n) is 6.36. The summed E-state index contributed by atoms with van der Waals surface area (Å²) in [6, 6.07) is 3.47. The number of ether oxygens (including phenoxy) is 3. The summed E-state index contributed by atoms with van der Waals surface area (Å²) in [5.74, 6) is 1.74. The number of nitrogens with one attached hydrogen (secondary N) is 1. The lowest BCUT2D eigenvalue weighted by Crippen LogP contribution is -2.22. The second-order valence-corrected chi connectivity index (χ2v) is 4.17. The molecular formula is C14H23NO4. The van der Waals surface area contributed by atoms with Crippen molar-refractivity contribution >= 4 is 0 Å². The van der Waals surface area contributed by atoms with Crippen LogP contribution < -0.4 is 19.5 Å². The molecular weight excluding hydrogens is 246 g/mol. The van der Waals surface area contributed by atoms with Crippen molar-refractivity contribution in [2.24, 2.45) is 0 Å². The SMILES string of the molecule is CCCNCC(O)c1cc(OC)c(OC)cc1OC. The molecule has 0 saturated heterocycles. The van der Waals surface area contributed by atoms with Gasteiger partial charge in [0.05, 0.1) is 27.4 Å². The Hall–Kier alpha value is -1.46. The molecule has 5 heteroatoms. The third-order valence-electron chi connectivity index (χ3n) is 2.86. The fourth-order valence-corrected chi connectivity index (χ4v) is 1.84. The normalized spacial score (nSPS) is 12.1. The van der Waals surface area contributed by atoms with Gasteiger partial charge in [-0.1, -0.05) is 6.92 Å². The lowest BCUT2D eigenvalue weighted by atomic mass is 10.1. The maximum atomic E-state index is 10.2. The Bertz CT molecular complexity index is 395. The van der Waals surface area contributed by atoms with E-state index in [2.05, 4.69) is 12.2 Å². The van der Waals surface area contributed by atoms with Crippen molar-refractivity contribution in [2.75, 3.05) is 34.4 Å². The fraction of sp³-hybridized carbons (Fsp3) is 0.571. The van der Waals surface area contributed by atoms with Gasteiger partial charge in [-0.15, -0.1) is 0 Å². The van der Waals surface area contributed by atoms with E-state index in [1.807, 2.05) is 0 Å². The fourth-order valence-electron chi connectivity index (χ4n) is 1.84. The summed E-state index contributed by atoms with van der Waals surface area (Å²) in [5.41, 5.74) is 0.684. The summed E-state index contributed by atoms with van der Waals surface area (Å²) in [7, 11) is 4.70. The molecule has 0 aromatic heterocycles. The van der Waals surface area contributed by atoms with Gasteiger partial charge in [-0.05, 0) is 19.0 Å². The van der Waals surface area contributed by atoms with Gasteiger partial charge < -0.3 is 24.6 Å². The zero-order valence-corrected chi connectivity index (χ0v) is 12.0. The van der Waals surface area contributed by atoms with Crippen LogP contribution in [0.15, 0.2) is 12.1 Å². The Morgan fingerprint density at radius 3 is 2.16 bits per heavy atom. The summed E-state index contributed by atoms with van der Waals surface area (Å²) in [6.07, 6.45) is 0.372. The standard InChI is InChI=1S/C14H23NO4/c1-5-6-15-9-11(16)10-7-13(18-3)14(19-4)8-12(10)17-2/h7-8,11,15-16H,5-6,9H2,1-4H3. The van der Waals surface area contributed by atoms with Crippen LogP contribution in [0.1, 0.15) is 25.0 Å². The van der Waals surface area contributed by atoms with Crippen LogP contribution in [-0.4, -0.2) is 39.5 Å². The number of benzene rings is 1. The van der Waals surface area contributed by atoms with Gasteiger partial charge >= 0.3 is 0 Å². The number of aliphatic hydroxyl groups is 1. The Balaban J connectivity index is 2.97. The van der Waals surface area contributed by atoms with Crippen molar-refractivity contribution < 1.29 is 19.3 Å². The van der Waals surface area contributed by atoms with Crippen LogP contribution in [0.3, 0.4) is 0 Å². The zero-order chi connectivity index (χ0) is 14.3. The lowest BCUT2D eigenvalue weighted by molar-refractivity contribution is 0.170. The molecule has 1 atom stereocenters. The molecule has 0 heterocycles. The van der Waals surface area contributed by atoms with Crippen LogP contribution in [-0.2, 0) is 0 Å². The monoisotopic (exact) mass is 269 g/mol. The first kappa shape index (κ1) is 15.6. The largest absolute Gasteiger partial charge is 0.496 e. The van der Waals surface area contributed by atoms with Gasteiger partial charge in [-0.2, -0.15) is 0 Å². The van der Waals surface area contributed by atoms with E-state index in [9.17, 15) is 5.11 Å². The molecule has 2 N–H and O–H groups in total. The first-order chi connectivity index (χ1) is 9.17. The maximum absolute atomic E-state index is 10.2. The van der Waals surface area contributed by atoms with E-state index >= 15 is 0 Å². The Morgan fingerprint density at radius 2 is 1.63 bits per heavy atom. The van der Waals surface area contributed by atoms with Gasteiger partial charge in [0, 0.05) is 18.2 Å². The zero-order valence-electron chi connectivity index (χ0n) is 12.0. The number of rotatable bonds is 8. The van der Waals surface area contributed by atoms with Gasteiger partial charge in [0.15, 0.2) is 11.5 Å². The summed E-state index contributed by atoms with van der Waals surface area (Å²) in [5, 5.41) is 13.4. The molecule has 1 unspecified atom stereocenters. The van der Waals surface area contributed by atoms with Crippen molar-refractivity contribution in [1.29, 1.82) is 0 Å². The number of hydrogen-bond donors (Lipinski definition) is 2. The molecule has 1 aromatic rings.